The predicted octanol–water partition coefficient (Wildman–Crippen LogP) is -0.576. The van der Waals surface area contributed by atoms with E-state index in [2.05, 4.69) is 16.1 Å². The molecule has 0 bridgehead atoms. The van der Waals surface area contributed by atoms with Crippen LogP contribution in [0.3, 0.4) is 0 Å². The van der Waals surface area contributed by atoms with Crippen molar-refractivity contribution in [3.8, 4) is 0 Å². The SMILES string of the molecule is C=C(C)C(=O)OC(O)(COCCOCCO)OC. The molecule has 2 N–H and O–H groups in total. The molecule has 18 heavy (non-hydrogen) atoms. The number of rotatable bonds is 10. The molecule has 1 unspecified atom stereocenters. The summed E-state index contributed by atoms with van der Waals surface area (Å²) in [4.78, 5) is 11.2. The molecule has 7 heteroatoms. The molecule has 0 aliphatic rings. The highest BCUT2D eigenvalue weighted by Gasteiger charge is 2.32. The molecule has 0 fully saturated rings. The average molecular weight is 264 g/mol. The fourth-order valence-corrected chi connectivity index (χ4v) is 0.848. The quantitative estimate of drug-likeness (QED) is 0.236. The summed E-state index contributed by atoms with van der Waals surface area (Å²) in [6.45, 7) is 5.02. The van der Waals surface area contributed by atoms with Gasteiger partial charge in [0.2, 0.25) is 0 Å². The van der Waals surface area contributed by atoms with Crippen molar-refractivity contribution in [2.45, 2.75) is 12.9 Å². The molecule has 0 aromatic carbocycles. The summed E-state index contributed by atoms with van der Waals surface area (Å²) in [5.41, 5.74) is 0.136. The van der Waals surface area contributed by atoms with Crippen LogP contribution in [-0.2, 0) is 23.7 Å². The van der Waals surface area contributed by atoms with E-state index in [0.717, 1.165) is 0 Å². The van der Waals surface area contributed by atoms with E-state index in [4.69, 9.17) is 14.6 Å². The molecule has 0 saturated carbocycles. The van der Waals surface area contributed by atoms with E-state index < -0.39 is 11.9 Å². The average Bonchev–Trinajstić information content (AvgIpc) is 2.33. The van der Waals surface area contributed by atoms with E-state index in [-0.39, 0.29) is 38.6 Å². The Balaban J connectivity index is 3.93. The molecule has 0 aromatic heterocycles. The largest absolute Gasteiger partial charge is 0.402 e. The van der Waals surface area contributed by atoms with Crippen molar-refractivity contribution in [3.63, 3.8) is 0 Å². The second-order valence-electron chi connectivity index (χ2n) is 3.48. The van der Waals surface area contributed by atoms with Gasteiger partial charge in [0.15, 0.2) is 0 Å². The van der Waals surface area contributed by atoms with Gasteiger partial charge in [-0.3, -0.25) is 0 Å². The van der Waals surface area contributed by atoms with Crippen LogP contribution in [0.15, 0.2) is 12.2 Å². The number of hydrogen-bond donors (Lipinski definition) is 2. The molecular formula is C11H20O7. The first-order valence-electron chi connectivity index (χ1n) is 5.38. The minimum absolute atomic E-state index is 0.0712. The predicted molar refractivity (Wildman–Crippen MR) is 61.6 cm³/mol. The summed E-state index contributed by atoms with van der Waals surface area (Å²) in [7, 11) is 1.18. The molecule has 0 aliphatic carbocycles. The van der Waals surface area contributed by atoms with Gasteiger partial charge in [0.1, 0.15) is 6.61 Å². The van der Waals surface area contributed by atoms with Gasteiger partial charge in [-0.1, -0.05) is 6.58 Å². The third-order valence-corrected chi connectivity index (χ3v) is 1.81. The summed E-state index contributed by atoms with van der Waals surface area (Å²) < 4.78 is 19.3. The number of hydrogen-bond acceptors (Lipinski definition) is 7. The van der Waals surface area contributed by atoms with Gasteiger partial charge in [-0.15, -0.1) is 0 Å². The Morgan fingerprint density at radius 2 is 1.89 bits per heavy atom. The van der Waals surface area contributed by atoms with Crippen molar-refractivity contribution in [2.24, 2.45) is 0 Å². The van der Waals surface area contributed by atoms with E-state index >= 15 is 0 Å². The minimum Gasteiger partial charge on any atom is -0.402 e. The van der Waals surface area contributed by atoms with E-state index in [1.807, 2.05) is 0 Å². The molecule has 0 heterocycles. The number of carbonyl (C=O) groups is 1. The van der Waals surface area contributed by atoms with Crippen LogP contribution in [0.2, 0.25) is 0 Å². The Labute approximate surface area is 106 Å². The lowest BCUT2D eigenvalue weighted by Crippen LogP contribution is -2.42. The van der Waals surface area contributed by atoms with Gasteiger partial charge < -0.3 is 29.2 Å². The Kier molecular flexibility index (Phi) is 8.51. The lowest BCUT2D eigenvalue weighted by molar-refractivity contribution is -0.347. The third kappa shape index (κ3) is 7.36. The van der Waals surface area contributed by atoms with Gasteiger partial charge in [-0.2, -0.15) is 0 Å². The maximum absolute atomic E-state index is 11.2. The molecule has 0 spiro atoms. The van der Waals surface area contributed by atoms with Crippen molar-refractivity contribution < 1.29 is 34.0 Å². The molecule has 0 saturated heterocycles. The maximum atomic E-state index is 11.2. The van der Waals surface area contributed by atoms with Crippen molar-refractivity contribution in [1.82, 2.24) is 0 Å². The monoisotopic (exact) mass is 264 g/mol. The van der Waals surface area contributed by atoms with Crippen molar-refractivity contribution in [1.29, 1.82) is 0 Å². The lowest BCUT2D eigenvalue weighted by atomic mass is 10.4. The Morgan fingerprint density at radius 3 is 2.39 bits per heavy atom. The van der Waals surface area contributed by atoms with Crippen LogP contribution in [0.4, 0.5) is 0 Å². The summed E-state index contributed by atoms with van der Waals surface area (Å²) in [6.07, 6.45) is 0. The molecular weight excluding hydrogens is 244 g/mol. The zero-order valence-corrected chi connectivity index (χ0v) is 10.7. The Bertz CT molecular complexity index is 266. The topological polar surface area (TPSA) is 94.5 Å². The first-order valence-corrected chi connectivity index (χ1v) is 5.38. The summed E-state index contributed by atoms with van der Waals surface area (Å²) in [5.74, 6) is -2.92. The molecule has 1 atom stereocenters. The van der Waals surface area contributed by atoms with Gasteiger partial charge in [0.25, 0.3) is 0 Å². The van der Waals surface area contributed by atoms with E-state index in [9.17, 15) is 9.90 Å². The number of carbonyl (C=O) groups excluding carboxylic acids is 1. The van der Waals surface area contributed by atoms with Crippen molar-refractivity contribution in [3.05, 3.63) is 12.2 Å². The van der Waals surface area contributed by atoms with Gasteiger partial charge >= 0.3 is 11.9 Å². The van der Waals surface area contributed by atoms with Crippen LogP contribution in [0.5, 0.6) is 0 Å². The second kappa shape index (κ2) is 9.01. The zero-order valence-electron chi connectivity index (χ0n) is 10.7. The first-order chi connectivity index (χ1) is 8.45. The van der Waals surface area contributed by atoms with Gasteiger partial charge in [0, 0.05) is 12.7 Å². The summed E-state index contributed by atoms with van der Waals surface area (Å²) in [6, 6.07) is 0. The van der Waals surface area contributed by atoms with Crippen LogP contribution < -0.4 is 0 Å². The number of aliphatic hydroxyl groups is 2. The number of esters is 1. The molecule has 0 aliphatic heterocycles. The molecule has 0 amide bonds. The van der Waals surface area contributed by atoms with Gasteiger partial charge in [-0.25, -0.2) is 4.79 Å². The van der Waals surface area contributed by atoms with Gasteiger partial charge in [0.05, 0.1) is 26.4 Å². The van der Waals surface area contributed by atoms with Crippen LogP contribution in [-0.4, -0.2) is 62.3 Å². The van der Waals surface area contributed by atoms with Crippen LogP contribution >= 0.6 is 0 Å². The molecule has 0 rings (SSSR count). The molecule has 7 nitrogen and oxygen atoms in total. The minimum atomic E-state index is -2.15. The Morgan fingerprint density at radius 1 is 1.28 bits per heavy atom. The van der Waals surface area contributed by atoms with E-state index in [1.165, 1.54) is 14.0 Å². The smallest absolute Gasteiger partial charge is 0.351 e. The van der Waals surface area contributed by atoms with Crippen molar-refractivity contribution in [2.75, 3.05) is 40.1 Å². The van der Waals surface area contributed by atoms with E-state index in [1.54, 1.807) is 0 Å². The highest BCUT2D eigenvalue weighted by molar-refractivity contribution is 5.87. The summed E-state index contributed by atoms with van der Waals surface area (Å²) >= 11 is 0. The fourth-order valence-electron chi connectivity index (χ4n) is 0.848. The highest BCUT2D eigenvalue weighted by atomic mass is 16.8. The first kappa shape index (κ1) is 17.0. The number of methoxy groups -OCH3 is 1. The normalized spacial score (nSPS) is 14.0. The van der Waals surface area contributed by atoms with Crippen LogP contribution in [0, 0.1) is 0 Å². The Hall–Kier alpha value is -0.990. The lowest BCUT2D eigenvalue weighted by Gasteiger charge is -2.25. The van der Waals surface area contributed by atoms with E-state index in [0.29, 0.717) is 0 Å². The second-order valence-corrected chi connectivity index (χ2v) is 3.48. The fraction of sp³-hybridized carbons (Fsp3) is 0.727. The summed E-state index contributed by atoms with van der Waals surface area (Å²) in [5, 5.41) is 18.2. The number of ether oxygens (including phenoxy) is 4. The third-order valence-electron chi connectivity index (χ3n) is 1.81. The molecule has 0 radical (unpaired) electrons. The van der Waals surface area contributed by atoms with Gasteiger partial charge in [-0.05, 0) is 6.92 Å². The molecule has 106 valence electrons. The van der Waals surface area contributed by atoms with Crippen LogP contribution in [0.1, 0.15) is 6.92 Å². The standard InChI is InChI=1S/C11H20O7/c1-9(2)10(13)18-11(14,15-3)8-17-7-6-16-5-4-12/h12,14H,1,4-8H2,2-3H3. The maximum Gasteiger partial charge on any atom is 0.351 e. The molecule has 0 aromatic rings. The zero-order chi connectivity index (χ0) is 14.0. The number of aliphatic hydroxyl groups excluding tert-OH is 1. The van der Waals surface area contributed by atoms with Crippen LogP contribution in [0.25, 0.3) is 0 Å². The van der Waals surface area contributed by atoms with Crippen molar-refractivity contribution >= 4 is 5.97 Å². The highest BCUT2D eigenvalue weighted by Crippen LogP contribution is 2.11.